The first-order chi connectivity index (χ1) is 13.3. The van der Waals surface area contributed by atoms with Gasteiger partial charge in [-0.2, -0.15) is 10.2 Å². The number of carboxylic acids is 1. The van der Waals surface area contributed by atoms with E-state index < -0.39 is 12.0 Å². The van der Waals surface area contributed by atoms with E-state index in [-0.39, 0.29) is 11.6 Å². The maximum Gasteiger partial charge on any atom is 0.356 e. The number of carboxylic acid groups (broad SMARTS) is 1. The fourth-order valence-electron chi connectivity index (χ4n) is 2.84. The van der Waals surface area contributed by atoms with E-state index in [1.165, 1.54) is 16.9 Å². The predicted octanol–water partition coefficient (Wildman–Crippen LogP) is 3.30. The van der Waals surface area contributed by atoms with Crippen LogP contribution in [0.4, 0.5) is 5.69 Å². The van der Waals surface area contributed by atoms with Crippen LogP contribution in [0.2, 0.25) is 5.02 Å². The largest absolute Gasteiger partial charge is 0.476 e. The van der Waals surface area contributed by atoms with Crippen LogP contribution in [-0.2, 0) is 11.3 Å². The number of carbonyl (C=O) groups is 2. The van der Waals surface area contributed by atoms with Gasteiger partial charge in [0.15, 0.2) is 5.69 Å². The summed E-state index contributed by atoms with van der Waals surface area (Å²) in [5, 5.41) is 20.9. The maximum absolute atomic E-state index is 12.6. The number of aryl methyl sites for hydroxylation is 1. The highest BCUT2D eigenvalue weighted by Gasteiger charge is 2.21. The normalized spacial score (nSPS) is 12.0. The molecule has 2 heterocycles. The van der Waals surface area contributed by atoms with Crippen LogP contribution in [0, 0.1) is 13.8 Å². The Labute approximate surface area is 166 Å². The van der Waals surface area contributed by atoms with Gasteiger partial charge in [0, 0.05) is 11.2 Å². The summed E-state index contributed by atoms with van der Waals surface area (Å²) in [5.41, 5.74) is 2.91. The number of carbonyl (C=O) groups excluding carboxylic acids is 1. The van der Waals surface area contributed by atoms with Crippen molar-refractivity contribution < 1.29 is 14.7 Å². The monoisotopic (exact) mass is 401 g/mol. The van der Waals surface area contributed by atoms with Gasteiger partial charge < -0.3 is 10.4 Å². The van der Waals surface area contributed by atoms with Gasteiger partial charge in [-0.15, -0.1) is 0 Å². The molecular formula is C19H20ClN5O3. The third-order valence-electron chi connectivity index (χ3n) is 4.51. The molecule has 0 fully saturated rings. The quantitative estimate of drug-likeness (QED) is 0.659. The van der Waals surface area contributed by atoms with Gasteiger partial charge in [0.1, 0.15) is 6.04 Å². The number of aromatic carboxylic acids is 1. The Morgan fingerprint density at radius 1 is 1.21 bits per heavy atom. The number of aromatic nitrogens is 4. The number of benzene rings is 1. The van der Waals surface area contributed by atoms with E-state index in [0.29, 0.717) is 22.9 Å². The van der Waals surface area contributed by atoms with Crippen molar-refractivity contribution in [1.29, 1.82) is 0 Å². The predicted molar refractivity (Wildman–Crippen MR) is 105 cm³/mol. The average molecular weight is 402 g/mol. The van der Waals surface area contributed by atoms with Gasteiger partial charge >= 0.3 is 5.97 Å². The molecule has 0 saturated heterocycles. The molecule has 1 aromatic carbocycles. The summed E-state index contributed by atoms with van der Waals surface area (Å²) < 4.78 is 3.10. The average Bonchev–Trinajstić information content (AvgIpc) is 3.24. The van der Waals surface area contributed by atoms with E-state index >= 15 is 0 Å². The van der Waals surface area contributed by atoms with Crippen molar-refractivity contribution in [2.45, 2.75) is 33.4 Å². The van der Waals surface area contributed by atoms with E-state index in [1.54, 1.807) is 11.6 Å². The van der Waals surface area contributed by atoms with Crippen molar-refractivity contribution in [2.75, 3.05) is 5.32 Å². The summed E-state index contributed by atoms with van der Waals surface area (Å²) in [4.78, 5) is 23.6. The molecule has 2 aromatic heterocycles. The number of hydrogen-bond acceptors (Lipinski definition) is 4. The topological polar surface area (TPSA) is 102 Å². The molecule has 1 atom stereocenters. The first-order valence-electron chi connectivity index (χ1n) is 8.64. The summed E-state index contributed by atoms with van der Waals surface area (Å²) in [6, 6.07) is 8.19. The van der Waals surface area contributed by atoms with Gasteiger partial charge in [-0.3, -0.25) is 14.2 Å². The Bertz CT molecular complexity index is 1040. The van der Waals surface area contributed by atoms with E-state index in [9.17, 15) is 9.59 Å². The molecule has 3 aromatic rings. The van der Waals surface area contributed by atoms with Crippen LogP contribution in [0.15, 0.2) is 36.5 Å². The van der Waals surface area contributed by atoms with Crippen LogP contribution in [0.5, 0.6) is 0 Å². The highest BCUT2D eigenvalue weighted by molar-refractivity contribution is 6.31. The van der Waals surface area contributed by atoms with Gasteiger partial charge in [-0.1, -0.05) is 29.8 Å². The van der Waals surface area contributed by atoms with Crippen molar-refractivity contribution in [3.8, 4) is 0 Å². The number of nitrogens with one attached hydrogen (secondary N) is 1. The number of nitrogens with zero attached hydrogens (tertiary/aromatic N) is 4. The molecule has 8 nitrogen and oxygen atoms in total. The standard InChI is InChI=1S/C19H20ClN5O3/c1-11-17(12(2)25(22-11)10-14-6-4-5-7-15(14)20)21-18(26)13(3)24-9-8-16(23-24)19(27)28/h4-9,13H,10H2,1-3H3,(H,21,26)(H,27,28). The van der Waals surface area contributed by atoms with E-state index in [1.807, 2.05) is 38.1 Å². The minimum atomic E-state index is -1.14. The number of amides is 1. The van der Waals surface area contributed by atoms with Gasteiger partial charge in [0.05, 0.1) is 23.6 Å². The van der Waals surface area contributed by atoms with Crippen LogP contribution in [0.3, 0.4) is 0 Å². The van der Waals surface area contributed by atoms with Crippen LogP contribution in [-0.4, -0.2) is 36.5 Å². The van der Waals surface area contributed by atoms with E-state index in [2.05, 4.69) is 15.5 Å². The Morgan fingerprint density at radius 3 is 2.57 bits per heavy atom. The second kappa shape index (κ2) is 7.85. The Morgan fingerprint density at radius 2 is 1.93 bits per heavy atom. The SMILES string of the molecule is Cc1nn(Cc2ccccc2Cl)c(C)c1NC(=O)C(C)n1ccc(C(=O)O)n1. The number of hydrogen-bond donors (Lipinski definition) is 2. The summed E-state index contributed by atoms with van der Waals surface area (Å²) in [7, 11) is 0. The summed E-state index contributed by atoms with van der Waals surface area (Å²) in [6.45, 7) is 5.81. The lowest BCUT2D eigenvalue weighted by Gasteiger charge is -2.13. The fraction of sp³-hybridized carbons (Fsp3) is 0.263. The van der Waals surface area contributed by atoms with Gasteiger partial charge in [0.25, 0.3) is 0 Å². The molecular weight excluding hydrogens is 382 g/mol. The lowest BCUT2D eigenvalue weighted by Crippen LogP contribution is -2.25. The molecule has 28 heavy (non-hydrogen) atoms. The summed E-state index contributed by atoms with van der Waals surface area (Å²) >= 11 is 6.23. The summed E-state index contributed by atoms with van der Waals surface area (Å²) in [5.74, 6) is -1.46. The Hall–Kier alpha value is -3.13. The molecule has 1 amide bonds. The van der Waals surface area contributed by atoms with Gasteiger partial charge in [-0.05, 0) is 38.5 Å². The lowest BCUT2D eigenvalue weighted by molar-refractivity contribution is -0.119. The molecule has 0 aliphatic carbocycles. The van der Waals surface area contributed by atoms with Crippen LogP contribution < -0.4 is 5.32 Å². The molecule has 0 radical (unpaired) electrons. The minimum absolute atomic E-state index is 0.112. The van der Waals surface area contributed by atoms with Crippen molar-refractivity contribution >= 4 is 29.2 Å². The zero-order valence-electron chi connectivity index (χ0n) is 15.7. The first-order valence-corrected chi connectivity index (χ1v) is 9.02. The molecule has 146 valence electrons. The smallest absolute Gasteiger partial charge is 0.356 e. The molecule has 0 spiro atoms. The maximum atomic E-state index is 12.6. The van der Waals surface area contributed by atoms with Crippen LogP contribution in [0.25, 0.3) is 0 Å². The molecule has 0 aliphatic rings. The van der Waals surface area contributed by atoms with Crippen molar-refractivity contribution in [3.63, 3.8) is 0 Å². The van der Waals surface area contributed by atoms with Crippen LogP contribution in [0.1, 0.15) is 40.4 Å². The Balaban J connectivity index is 1.78. The highest BCUT2D eigenvalue weighted by atomic mass is 35.5. The van der Waals surface area contributed by atoms with Gasteiger partial charge in [0.2, 0.25) is 5.91 Å². The zero-order valence-corrected chi connectivity index (χ0v) is 16.4. The van der Waals surface area contributed by atoms with Crippen molar-refractivity contribution in [1.82, 2.24) is 19.6 Å². The molecule has 3 rings (SSSR count). The first kappa shape index (κ1) is 19.6. The van der Waals surface area contributed by atoms with Crippen molar-refractivity contribution in [2.24, 2.45) is 0 Å². The minimum Gasteiger partial charge on any atom is -0.476 e. The van der Waals surface area contributed by atoms with Gasteiger partial charge in [-0.25, -0.2) is 4.79 Å². The molecule has 0 aliphatic heterocycles. The molecule has 1 unspecified atom stereocenters. The molecule has 0 saturated carbocycles. The molecule has 2 N–H and O–H groups in total. The van der Waals surface area contributed by atoms with Crippen molar-refractivity contribution in [3.05, 3.63) is 64.2 Å². The highest BCUT2D eigenvalue weighted by Crippen LogP contribution is 2.23. The van der Waals surface area contributed by atoms with E-state index in [0.717, 1.165) is 11.3 Å². The second-order valence-electron chi connectivity index (χ2n) is 6.45. The fourth-order valence-corrected chi connectivity index (χ4v) is 3.03. The number of halogens is 1. The molecule has 9 heteroatoms. The second-order valence-corrected chi connectivity index (χ2v) is 6.85. The summed E-state index contributed by atoms with van der Waals surface area (Å²) in [6.07, 6.45) is 1.47. The lowest BCUT2D eigenvalue weighted by atomic mass is 10.2. The van der Waals surface area contributed by atoms with E-state index in [4.69, 9.17) is 16.7 Å². The number of anilines is 1. The zero-order chi connectivity index (χ0) is 20.4. The Kier molecular flexibility index (Phi) is 5.51. The third kappa shape index (κ3) is 3.91. The third-order valence-corrected chi connectivity index (χ3v) is 4.88. The van der Waals surface area contributed by atoms with Crippen LogP contribution >= 0.6 is 11.6 Å². The molecule has 0 bridgehead atoms. The number of rotatable bonds is 6.